The number of H-pyrrole nitrogens is 1. The second kappa shape index (κ2) is 12.1. The standard InChI is InChI=1S/C33H31N3O2/c37-32(31-24-28-18-10-11-19-30(28)35-31)34-21-23-36(33(38)27-16-8-3-9-17-27)22-20-29(25-12-4-1-5-13-25)26-14-6-2-7-15-26/h1-19,24,29,35H,20-23H2,(H,34,37). The number of para-hydroxylation sites is 1. The number of carbonyl (C=O) groups excluding carboxylic acids is 2. The Labute approximate surface area is 223 Å². The zero-order valence-electron chi connectivity index (χ0n) is 21.2. The molecule has 0 radical (unpaired) electrons. The van der Waals surface area contributed by atoms with Crippen LogP contribution in [0.5, 0.6) is 0 Å². The minimum Gasteiger partial charge on any atom is -0.351 e. The zero-order valence-corrected chi connectivity index (χ0v) is 21.2. The van der Waals surface area contributed by atoms with Gasteiger partial charge in [-0.3, -0.25) is 9.59 Å². The molecule has 0 saturated carbocycles. The summed E-state index contributed by atoms with van der Waals surface area (Å²) in [7, 11) is 0. The Hall–Kier alpha value is -4.64. The maximum Gasteiger partial charge on any atom is 0.267 e. The van der Waals surface area contributed by atoms with Crippen molar-refractivity contribution in [3.05, 3.63) is 144 Å². The van der Waals surface area contributed by atoms with Gasteiger partial charge in [0.1, 0.15) is 5.69 Å². The molecule has 2 amide bonds. The van der Waals surface area contributed by atoms with Crippen LogP contribution in [0.3, 0.4) is 0 Å². The first-order chi connectivity index (χ1) is 18.7. The van der Waals surface area contributed by atoms with Gasteiger partial charge >= 0.3 is 0 Å². The van der Waals surface area contributed by atoms with E-state index in [1.165, 1.54) is 11.1 Å². The van der Waals surface area contributed by atoms with Crippen LogP contribution in [0.15, 0.2) is 121 Å². The van der Waals surface area contributed by atoms with E-state index < -0.39 is 0 Å². The first kappa shape index (κ1) is 25.0. The number of fused-ring (bicyclic) bond motifs is 1. The number of carbonyl (C=O) groups is 2. The molecule has 0 aliphatic carbocycles. The average molecular weight is 502 g/mol. The van der Waals surface area contributed by atoms with Crippen molar-refractivity contribution in [3.8, 4) is 0 Å². The molecule has 0 spiro atoms. The highest BCUT2D eigenvalue weighted by atomic mass is 16.2. The van der Waals surface area contributed by atoms with Crippen molar-refractivity contribution in [2.24, 2.45) is 0 Å². The second-order valence-electron chi connectivity index (χ2n) is 9.35. The van der Waals surface area contributed by atoms with E-state index >= 15 is 0 Å². The highest BCUT2D eigenvalue weighted by Crippen LogP contribution is 2.28. The normalized spacial score (nSPS) is 11.0. The van der Waals surface area contributed by atoms with Crippen molar-refractivity contribution in [1.82, 2.24) is 15.2 Å². The van der Waals surface area contributed by atoms with Gasteiger partial charge in [-0.2, -0.15) is 0 Å². The summed E-state index contributed by atoms with van der Waals surface area (Å²) in [4.78, 5) is 31.3. The summed E-state index contributed by atoms with van der Waals surface area (Å²) in [5, 5.41) is 3.98. The van der Waals surface area contributed by atoms with Crippen LogP contribution in [-0.2, 0) is 0 Å². The highest BCUT2D eigenvalue weighted by Gasteiger charge is 2.20. The van der Waals surface area contributed by atoms with Crippen molar-refractivity contribution < 1.29 is 9.59 Å². The van der Waals surface area contributed by atoms with E-state index in [2.05, 4.69) is 58.8 Å². The number of amides is 2. The molecule has 0 bridgehead atoms. The molecule has 1 heterocycles. The lowest BCUT2D eigenvalue weighted by Crippen LogP contribution is -2.39. The van der Waals surface area contributed by atoms with E-state index in [0.29, 0.717) is 30.9 Å². The summed E-state index contributed by atoms with van der Waals surface area (Å²) < 4.78 is 0. The van der Waals surface area contributed by atoms with Crippen LogP contribution < -0.4 is 5.32 Å². The van der Waals surface area contributed by atoms with Crippen LogP contribution >= 0.6 is 0 Å². The molecule has 1 aromatic heterocycles. The number of aromatic amines is 1. The van der Waals surface area contributed by atoms with Crippen molar-refractivity contribution in [3.63, 3.8) is 0 Å². The molecule has 5 rings (SSSR count). The molecule has 0 saturated heterocycles. The van der Waals surface area contributed by atoms with Gasteiger partial charge in [-0.1, -0.05) is 97.1 Å². The van der Waals surface area contributed by atoms with Gasteiger partial charge in [0.05, 0.1) is 0 Å². The lowest BCUT2D eigenvalue weighted by Gasteiger charge is -2.26. The highest BCUT2D eigenvalue weighted by molar-refractivity contribution is 5.98. The number of hydrogen-bond donors (Lipinski definition) is 2. The number of hydrogen-bond acceptors (Lipinski definition) is 2. The molecule has 0 atom stereocenters. The van der Waals surface area contributed by atoms with E-state index in [0.717, 1.165) is 17.3 Å². The average Bonchev–Trinajstić information content (AvgIpc) is 3.42. The van der Waals surface area contributed by atoms with Gasteiger partial charge in [0.2, 0.25) is 0 Å². The summed E-state index contributed by atoms with van der Waals surface area (Å²) in [6.45, 7) is 1.33. The number of benzene rings is 4. The first-order valence-electron chi connectivity index (χ1n) is 13.0. The van der Waals surface area contributed by atoms with Gasteiger partial charge in [0.15, 0.2) is 0 Å². The fraction of sp³-hybridized carbons (Fsp3) is 0.152. The van der Waals surface area contributed by atoms with Gasteiger partial charge in [-0.25, -0.2) is 0 Å². The third-order valence-corrected chi connectivity index (χ3v) is 6.84. The number of nitrogens with zero attached hydrogens (tertiary/aromatic N) is 1. The van der Waals surface area contributed by atoms with Crippen LogP contribution in [0.25, 0.3) is 10.9 Å². The molecule has 0 fully saturated rings. The summed E-state index contributed by atoms with van der Waals surface area (Å²) in [6.07, 6.45) is 0.766. The maximum absolute atomic E-state index is 13.5. The minimum absolute atomic E-state index is 0.0367. The van der Waals surface area contributed by atoms with Gasteiger partial charge in [-0.15, -0.1) is 0 Å². The first-order valence-corrected chi connectivity index (χ1v) is 13.0. The largest absolute Gasteiger partial charge is 0.351 e. The molecule has 0 unspecified atom stereocenters. The SMILES string of the molecule is O=C(NCCN(CCC(c1ccccc1)c1ccccc1)C(=O)c1ccccc1)c1cc2ccccc2[nH]1. The zero-order chi connectivity index (χ0) is 26.2. The fourth-order valence-electron chi connectivity index (χ4n) is 4.85. The van der Waals surface area contributed by atoms with Crippen LogP contribution in [-0.4, -0.2) is 41.3 Å². The number of aromatic nitrogens is 1. The Morgan fingerprint density at radius 2 is 1.29 bits per heavy atom. The monoisotopic (exact) mass is 501 g/mol. The summed E-state index contributed by atoms with van der Waals surface area (Å²) in [5.41, 5.74) is 4.52. The predicted octanol–water partition coefficient (Wildman–Crippen LogP) is 6.26. The van der Waals surface area contributed by atoms with E-state index in [1.807, 2.05) is 77.7 Å². The van der Waals surface area contributed by atoms with Crippen LogP contribution in [0.2, 0.25) is 0 Å². The van der Waals surface area contributed by atoms with E-state index in [9.17, 15) is 9.59 Å². The van der Waals surface area contributed by atoms with Crippen molar-refractivity contribution in [2.45, 2.75) is 12.3 Å². The fourth-order valence-corrected chi connectivity index (χ4v) is 4.85. The maximum atomic E-state index is 13.5. The van der Waals surface area contributed by atoms with Crippen molar-refractivity contribution in [2.75, 3.05) is 19.6 Å². The molecule has 4 aromatic carbocycles. The summed E-state index contributed by atoms with van der Waals surface area (Å²) in [5.74, 6) is -0.0606. The molecular weight excluding hydrogens is 470 g/mol. The van der Waals surface area contributed by atoms with E-state index in [1.54, 1.807) is 0 Å². The summed E-state index contributed by atoms with van der Waals surface area (Å²) in [6, 6.07) is 39.8. The Morgan fingerprint density at radius 1 is 0.711 bits per heavy atom. The minimum atomic E-state index is -0.181. The quantitative estimate of drug-likeness (QED) is 0.237. The van der Waals surface area contributed by atoms with Crippen molar-refractivity contribution in [1.29, 1.82) is 0 Å². The van der Waals surface area contributed by atoms with E-state index in [4.69, 9.17) is 0 Å². The smallest absolute Gasteiger partial charge is 0.267 e. The molecular formula is C33H31N3O2. The van der Waals surface area contributed by atoms with Gasteiger partial charge in [0, 0.05) is 42.0 Å². The number of rotatable bonds is 10. The second-order valence-corrected chi connectivity index (χ2v) is 9.35. The topological polar surface area (TPSA) is 65.2 Å². The molecule has 190 valence electrons. The Morgan fingerprint density at radius 3 is 1.92 bits per heavy atom. The molecule has 5 aromatic rings. The molecule has 5 heteroatoms. The Balaban J connectivity index is 1.30. The van der Waals surface area contributed by atoms with Gasteiger partial charge in [-0.05, 0) is 41.8 Å². The molecule has 38 heavy (non-hydrogen) atoms. The van der Waals surface area contributed by atoms with Gasteiger partial charge in [0.25, 0.3) is 11.8 Å². The molecule has 0 aliphatic heterocycles. The lowest BCUT2D eigenvalue weighted by molar-refractivity contribution is 0.0744. The van der Waals surface area contributed by atoms with E-state index in [-0.39, 0.29) is 17.7 Å². The summed E-state index contributed by atoms with van der Waals surface area (Å²) >= 11 is 0. The molecule has 0 aliphatic rings. The molecule has 5 nitrogen and oxygen atoms in total. The Kier molecular flexibility index (Phi) is 7.95. The van der Waals surface area contributed by atoms with Crippen LogP contribution in [0, 0.1) is 0 Å². The third-order valence-electron chi connectivity index (χ3n) is 6.84. The lowest BCUT2D eigenvalue weighted by atomic mass is 9.88. The Bertz CT molecular complexity index is 1410. The third kappa shape index (κ3) is 6.01. The number of nitrogens with one attached hydrogen (secondary N) is 2. The van der Waals surface area contributed by atoms with Crippen LogP contribution in [0.4, 0.5) is 0 Å². The van der Waals surface area contributed by atoms with Gasteiger partial charge < -0.3 is 15.2 Å². The predicted molar refractivity (Wildman–Crippen MR) is 152 cm³/mol. The van der Waals surface area contributed by atoms with Crippen LogP contribution in [0.1, 0.15) is 44.3 Å². The molecule has 2 N–H and O–H groups in total. The van der Waals surface area contributed by atoms with Crippen molar-refractivity contribution >= 4 is 22.7 Å².